The van der Waals surface area contributed by atoms with Gasteiger partial charge in [0.25, 0.3) is 0 Å². The van der Waals surface area contributed by atoms with Crippen LogP contribution in [0.3, 0.4) is 0 Å². The predicted octanol–water partition coefficient (Wildman–Crippen LogP) is 3.05. The molecule has 0 saturated carbocycles. The zero-order chi connectivity index (χ0) is 17.0. The normalized spacial score (nSPS) is 11.7. The monoisotopic (exact) mass is 336 g/mol. The Hall–Kier alpha value is -2.35. The molecule has 1 aromatic carbocycles. The number of hydrogen-bond acceptors (Lipinski definition) is 6. The largest absolute Gasteiger partial charge is 0.493 e. The molecular weight excluding hydrogens is 316 g/mol. The zero-order valence-electron chi connectivity index (χ0n) is 13.8. The molecule has 0 radical (unpaired) electrons. The number of aromatic nitrogens is 2. The van der Waals surface area contributed by atoms with E-state index in [2.05, 4.69) is 20.8 Å². The van der Waals surface area contributed by atoms with Crippen molar-refractivity contribution in [2.75, 3.05) is 19.5 Å². The van der Waals surface area contributed by atoms with Gasteiger partial charge < -0.3 is 14.8 Å². The Bertz CT molecular complexity index is 702. The first-order chi connectivity index (χ1) is 10.9. The molecule has 1 atom stereocenters. The van der Waals surface area contributed by atoms with Gasteiger partial charge in [0.2, 0.25) is 5.13 Å². The molecule has 0 aliphatic heterocycles. The van der Waals surface area contributed by atoms with E-state index >= 15 is 0 Å². The van der Waals surface area contributed by atoms with Crippen molar-refractivity contribution in [3.8, 4) is 11.5 Å². The molecule has 0 aliphatic carbocycles. The van der Waals surface area contributed by atoms with Crippen molar-refractivity contribution in [3.63, 3.8) is 0 Å². The number of aryl methyl sites for hydroxylation is 2. The Morgan fingerprint density at radius 3 is 2.39 bits per heavy atom. The molecule has 7 nitrogen and oxygen atoms in total. The molecule has 8 heteroatoms. The van der Waals surface area contributed by atoms with Gasteiger partial charge in [-0.05, 0) is 44.0 Å². The van der Waals surface area contributed by atoms with E-state index in [1.165, 1.54) is 11.3 Å². The third-order valence-corrected chi connectivity index (χ3v) is 4.09. The second-order valence-electron chi connectivity index (χ2n) is 5.01. The van der Waals surface area contributed by atoms with Crippen LogP contribution in [0.25, 0.3) is 0 Å². The lowest BCUT2D eigenvalue weighted by Gasteiger charge is -2.19. The van der Waals surface area contributed by atoms with Crippen molar-refractivity contribution in [1.29, 1.82) is 0 Å². The van der Waals surface area contributed by atoms with Gasteiger partial charge in [0.1, 0.15) is 5.01 Å². The van der Waals surface area contributed by atoms with Crippen LogP contribution in [0.15, 0.2) is 12.1 Å². The summed E-state index contributed by atoms with van der Waals surface area (Å²) in [6.07, 6.45) is 0. The van der Waals surface area contributed by atoms with Gasteiger partial charge in [-0.1, -0.05) is 11.3 Å². The van der Waals surface area contributed by atoms with Crippen LogP contribution in [-0.4, -0.2) is 30.4 Å². The molecule has 2 aromatic rings. The van der Waals surface area contributed by atoms with E-state index in [1.54, 1.807) is 14.2 Å². The van der Waals surface area contributed by atoms with Gasteiger partial charge in [0.15, 0.2) is 11.5 Å². The minimum atomic E-state index is -0.331. The number of carbonyl (C=O) groups is 1. The van der Waals surface area contributed by atoms with E-state index < -0.39 is 0 Å². The summed E-state index contributed by atoms with van der Waals surface area (Å²) in [5, 5.41) is 14.5. The van der Waals surface area contributed by atoms with Gasteiger partial charge in [-0.3, -0.25) is 5.32 Å². The van der Waals surface area contributed by atoms with Crippen LogP contribution in [0.4, 0.5) is 9.93 Å². The third kappa shape index (κ3) is 4.10. The zero-order valence-corrected chi connectivity index (χ0v) is 14.6. The number of urea groups is 1. The van der Waals surface area contributed by atoms with Gasteiger partial charge in [-0.25, -0.2) is 4.79 Å². The van der Waals surface area contributed by atoms with Crippen LogP contribution in [0, 0.1) is 13.8 Å². The highest BCUT2D eigenvalue weighted by molar-refractivity contribution is 7.15. The third-order valence-electron chi connectivity index (χ3n) is 3.33. The number of nitrogens with one attached hydrogen (secondary N) is 2. The number of ether oxygens (including phenoxy) is 2. The Morgan fingerprint density at radius 2 is 1.83 bits per heavy atom. The van der Waals surface area contributed by atoms with Crippen LogP contribution < -0.4 is 20.1 Å². The Kier molecular flexibility index (Phi) is 5.38. The van der Waals surface area contributed by atoms with Gasteiger partial charge in [-0.2, -0.15) is 0 Å². The van der Waals surface area contributed by atoms with Crippen LogP contribution in [0.5, 0.6) is 11.5 Å². The topological polar surface area (TPSA) is 85.4 Å². The number of anilines is 1. The molecule has 2 N–H and O–H groups in total. The van der Waals surface area contributed by atoms with E-state index in [0.29, 0.717) is 16.6 Å². The summed E-state index contributed by atoms with van der Waals surface area (Å²) in [4.78, 5) is 12.1. The van der Waals surface area contributed by atoms with E-state index in [4.69, 9.17) is 9.47 Å². The predicted molar refractivity (Wildman–Crippen MR) is 89.5 cm³/mol. The fourth-order valence-corrected chi connectivity index (χ4v) is 2.80. The first kappa shape index (κ1) is 17.0. The molecule has 124 valence electrons. The Labute approximate surface area is 139 Å². The minimum Gasteiger partial charge on any atom is -0.493 e. The summed E-state index contributed by atoms with van der Waals surface area (Å²) >= 11 is 1.32. The fraction of sp³-hybridized carbons (Fsp3) is 0.400. The van der Waals surface area contributed by atoms with Crippen molar-refractivity contribution in [2.45, 2.75) is 26.8 Å². The first-order valence-electron chi connectivity index (χ1n) is 7.04. The van der Waals surface area contributed by atoms with E-state index in [0.717, 1.165) is 16.1 Å². The summed E-state index contributed by atoms with van der Waals surface area (Å²) in [6, 6.07) is 3.22. The number of amides is 2. The van der Waals surface area contributed by atoms with E-state index in [1.807, 2.05) is 32.9 Å². The van der Waals surface area contributed by atoms with Gasteiger partial charge in [-0.15, -0.1) is 10.2 Å². The lowest BCUT2D eigenvalue weighted by molar-refractivity contribution is 0.249. The van der Waals surface area contributed by atoms with Crippen LogP contribution in [0.1, 0.15) is 29.1 Å². The average Bonchev–Trinajstić information content (AvgIpc) is 2.91. The average molecular weight is 336 g/mol. The lowest BCUT2D eigenvalue weighted by atomic mass is 10.0. The van der Waals surface area contributed by atoms with Crippen molar-refractivity contribution in [2.24, 2.45) is 0 Å². The number of rotatable bonds is 5. The minimum absolute atomic E-state index is 0.205. The maximum atomic E-state index is 12.1. The van der Waals surface area contributed by atoms with Crippen molar-refractivity contribution in [3.05, 3.63) is 28.3 Å². The molecule has 1 heterocycles. The van der Waals surface area contributed by atoms with Gasteiger partial charge in [0, 0.05) is 0 Å². The molecule has 2 rings (SSSR count). The second kappa shape index (κ2) is 7.28. The second-order valence-corrected chi connectivity index (χ2v) is 6.19. The van der Waals surface area contributed by atoms with Crippen LogP contribution >= 0.6 is 11.3 Å². The Morgan fingerprint density at radius 1 is 1.17 bits per heavy atom. The molecule has 23 heavy (non-hydrogen) atoms. The van der Waals surface area contributed by atoms with Crippen LogP contribution in [-0.2, 0) is 0 Å². The quantitative estimate of drug-likeness (QED) is 0.876. The molecule has 2 amide bonds. The number of nitrogens with zero attached hydrogens (tertiary/aromatic N) is 2. The number of benzene rings is 1. The van der Waals surface area contributed by atoms with Crippen molar-refractivity contribution >= 4 is 22.5 Å². The smallest absolute Gasteiger partial charge is 0.321 e. The summed E-state index contributed by atoms with van der Waals surface area (Å²) < 4.78 is 10.6. The number of hydrogen-bond donors (Lipinski definition) is 2. The summed E-state index contributed by atoms with van der Waals surface area (Å²) in [5.41, 5.74) is 1.95. The molecule has 0 bridgehead atoms. The fourth-order valence-electron chi connectivity index (χ4n) is 2.22. The lowest BCUT2D eigenvalue weighted by Crippen LogP contribution is -2.31. The standard InChI is InChI=1S/C15H20N4O3S/c1-8-6-12(21-4)13(22-5)7-11(8)9(2)16-14(20)17-15-19-18-10(3)23-15/h6-7,9H,1-5H3,(H2,16,17,19,20)/t9-/m1/s1. The molecule has 1 aromatic heterocycles. The SMILES string of the molecule is COc1cc(C)c([C@@H](C)NC(=O)Nc2nnc(C)s2)cc1OC. The van der Waals surface area contributed by atoms with Gasteiger partial charge >= 0.3 is 6.03 Å². The molecule has 0 fully saturated rings. The molecule has 0 saturated heterocycles. The number of carbonyl (C=O) groups excluding carboxylic acids is 1. The summed E-state index contributed by atoms with van der Waals surface area (Å²) in [5.74, 6) is 1.29. The number of methoxy groups -OCH3 is 2. The highest BCUT2D eigenvalue weighted by Gasteiger charge is 2.16. The summed E-state index contributed by atoms with van der Waals surface area (Å²) in [6.45, 7) is 5.69. The maximum absolute atomic E-state index is 12.1. The maximum Gasteiger partial charge on any atom is 0.321 e. The highest BCUT2D eigenvalue weighted by Crippen LogP contribution is 2.32. The van der Waals surface area contributed by atoms with Crippen molar-refractivity contribution in [1.82, 2.24) is 15.5 Å². The molecular formula is C15H20N4O3S. The van der Waals surface area contributed by atoms with E-state index in [9.17, 15) is 4.79 Å². The first-order valence-corrected chi connectivity index (χ1v) is 7.86. The molecule has 0 unspecified atom stereocenters. The summed E-state index contributed by atoms with van der Waals surface area (Å²) in [7, 11) is 3.18. The molecule has 0 aliphatic rings. The van der Waals surface area contributed by atoms with E-state index in [-0.39, 0.29) is 12.1 Å². The Balaban J connectivity index is 2.10. The van der Waals surface area contributed by atoms with Gasteiger partial charge in [0.05, 0.1) is 20.3 Å². The molecule has 0 spiro atoms. The highest BCUT2D eigenvalue weighted by atomic mass is 32.1. The van der Waals surface area contributed by atoms with Crippen molar-refractivity contribution < 1.29 is 14.3 Å². The van der Waals surface area contributed by atoms with Crippen LogP contribution in [0.2, 0.25) is 0 Å².